The molecule has 0 unspecified atom stereocenters. The van der Waals surface area contributed by atoms with E-state index in [2.05, 4.69) is 0 Å². The highest BCUT2D eigenvalue weighted by Gasteiger charge is 2.29. The van der Waals surface area contributed by atoms with Crippen LogP contribution in [-0.2, 0) is 0 Å². The van der Waals surface area contributed by atoms with Crippen molar-refractivity contribution in [3.8, 4) is 79.0 Å². The minimum absolute atomic E-state index is 0.256. The van der Waals surface area contributed by atoms with Crippen molar-refractivity contribution < 1.29 is 25.2 Å². The zero-order valence-electron chi connectivity index (χ0n) is 23.7. The fourth-order valence-electron chi connectivity index (χ4n) is 5.54. The van der Waals surface area contributed by atoms with Crippen molar-refractivity contribution >= 4 is 0 Å². The van der Waals surface area contributed by atoms with E-state index >= 15 is 0 Å². The van der Waals surface area contributed by atoms with Gasteiger partial charge >= 0.3 is 0 Å². The lowest BCUT2D eigenvalue weighted by molar-refractivity contribution is 0.389. The molecule has 0 aliphatic carbocycles. The van der Waals surface area contributed by atoms with Crippen LogP contribution >= 0.6 is 0 Å². The van der Waals surface area contributed by atoms with E-state index in [1.165, 1.54) is 0 Å². The number of phenols is 4. The Morgan fingerprint density at radius 1 is 0.349 bits per heavy atom. The largest absolute Gasteiger partial charge is 0.504 e. The van der Waals surface area contributed by atoms with Crippen molar-refractivity contribution in [3.63, 3.8) is 0 Å². The van der Waals surface area contributed by atoms with Gasteiger partial charge in [-0.1, -0.05) is 121 Å². The minimum Gasteiger partial charge on any atom is -0.504 e. The summed E-state index contributed by atoms with van der Waals surface area (Å²) < 4.78 is 6.86. The van der Waals surface area contributed by atoms with Crippen LogP contribution in [0.1, 0.15) is 11.1 Å². The molecule has 0 fully saturated rings. The van der Waals surface area contributed by atoms with Crippen molar-refractivity contribution in [1.82, 2.24) is 0 Å². The molecule has 0 aliphatic heterocycles. The molecule has 6 rings (SSSR count). The quantitative estimate of drug-likeness (QED) is 0.151. The van der Waals surface area contributed by atoms with Gasteiger partial charge in [-0.15, -0.1) is 0 Å². The lowest BCUT2D eigenvalue weighted by Gasteiger charge is -2.25. The van der Waals surface area contributed by atoms with Gasteiger partial charge < -0.3 is 25.2 Å². The maximum Gasteiger partial charge on any atom is 0.166 e. The lowest BCUT2D eigenvalue weighted by atomic mass is 9.89. The Bertz CT molecular complexity index is 1780. The predicted octanol–water partition coefficient (Wildman–Crippen LogP) is 9.59. The van der Waals surface area contributed by atoms with Crippen LogP contribution in [0.5, 0.6) is 34.5 Å². The van der Waals surface area contributed by atoms with Crippen molar-refractivity contribution in [3.05, 3.63) is 132 Å². The van der Waals surface area contributed by atoms with Gasteiger partial charge in [0.1, 0.15) is 11.5 Å². The summed E-state index contributed by atoms with van der Waals surface area (Å²) in [6.07, 6.45) is 0. The van der Waals surface area contributed by atoms with Crippen LogP contribution in [0.3, 0.4) is 0 Å². The summed E-state index contributed by atoms with van der Waals surface area (Å²) in [6, 6.07) is 37.7. The van der Waals surface area contributed by atoms with Crippen LogP contribution in [0.4, 0.5) is 0 Å². The van der Waals surface area contributed by atoms with E-state index in [-0.39, 0.29) is 23.0 Å². The zero-order chi connectivity index (χ0) is 30.1. The second-order valence-electron chi connectivity index (χ2n) is 10.4. The average Bonchev–Trinajstić information content (AvgIpc) is 3.06. The predicted molar refractivity (Wildman–Crippen MR) is 171 cm³/mol. The fraction of sp³-hybridized carbons (Fsp3) is 0.0526. The van der Waals surface area contributed by atoms with Crippen molar-refractivity contribution in [2.75, 3.05) is 0 Å². The van der Waals surface area contributed by atoms with Gasteiger partial charge in [-0.25, -0.2) is 0 Å². The van der Waals surface area contributed by atoms with Gasteiger partial charge in [-0.2, -0.15) is 0 Å². The Morgan fingerprint density at radius 3 is 0.884 bits per heavy atom. The van der Waals surface area contributed by atoms with Gasteiger partial charge in [-0.3, -0.25) is 0 Å². The number of rotatable bonds is 6. The second-order valence-corrected chi connectivity index (χ2v) is 10.4. The molecule has 5 nitrogen and oxygen atoms in total. The van der Waals surface area contributed by atoms with Crippen molar-refractivity contribution in [1.29, 1.82) is 0 Å². The smallest absolute Gasteiger partial charge is 0.166 e. The maximum atomic E-state index is 11.3. The summed E-state index contributed by atoms with van der Waals surface area (Å²) in [4.78, 5) is 0. The van der Waals surface area contributed by atoms with E-state index < -0.39 is 0 Å². The molecule has 6 aromatic carbocycles. The molecule has 212 valence electrons. The molecule has 0 amide bonds. The van der Waals surface area contributed by atoms with Crippen LogP contribution in [0, 0.1) is 13.8 Å². The Morgan fingerprint density at radius 2 is 0.605 bits per heavy atom. The van der Waals surface area contributed by atoms with E-state index in [9.17, 15) is 20.4 Å². The van der Waals surface area contributed by atoms with E-state index in [1.54, 1.807) is 13.8 Å². The first-order chi connectivity index (χ1) is 20.9. The third-order valence-corrected chi connectivity index (χ3v) is 7.72. The highest BCUT2D eigenvalue weighted by molar-refractivity contribution is 5.97. The third-order valence-electron chi connectivity index (χ3n) is 7.72. The van der Waals surface area contributed by atoms with Gasteiger partial charge in [0.05, 0.1) is 0 Å². The molecule has 0 bridgehead atoms. The maximum absolute atomic E-state index is 11.3. The molecule has 0 spiro atoms. The molecule has 43 heavy (non-hydrogen) atoms. The average molecular weight is 567 g/mol. The topological polar surface area (TPSA) is 90.2 Å². The second kappa shape index (κ2) is 11.3. The number of ether oxygens (including phenoxy) is 1. The standard InChI is InChI=1S/C38H30O5/c1-23-33(39)35(41)29(25-15-7-3-8-16-25)31(27-19-11-5-12-20-27)37(23)43-38-24(2)34(40)36(42)30(26-17-9-4-10-18-26)32(38)28-21-13-6-14-22-28/h3-22,39-42H,1-2H3. The first kappa shape index (κ1) is 27.5. The summed E-state index contributed by atoms with van der Waals surface area (Å²) in [7, 11) is 0. The summed E-state index contributed by atoms with van der Waals surface area (Å²) in [5, 5.41) is 45.2. The monoisotopic (exact) mass is 566 g/mol. The van der Waals surface area contributed by atoms with Crippen LogP contribution in [0.15, 0.2) is 121 Å². The summed E-state index contributed by atoms with van der Waals surface area (Å²) in [5.74, 6) is -0.506. The summed E-state index contributed by atoms with van der Waals surface area (Å²) in [5.41, 5.74) is 5.53. The Labute approximate surface area is 250 Å². The van der Waals surface area contributed by atoms with Gasteiger partial charge in [-0.05, 0) is 36.1 Å². The molecule has 0 atom stereocenters. The molecule has 0 heterocycles. The third kappa shape index (κ3) is 4.81. The van der Waals surface area contributed by atoms with E-state index in [4.69, 9.17) is 4.74 Å². The Hall–Kier alpha value is -5.68. The zero-order valence-corrected chi connectivity index (χ0v) is 23.7. The van der Waals surface area contributed by atoms with Gasteiger partial charge in [0.25, 0.3) is 0 Å². The van der Waals surface area contributed by atoms with E-state index in [1.807, 2.05) is 121 Å². The molecule has 0 saturated carbocycles. The highest BCUT2D eigenvalue weighted by atomic mass is 16.5. The number of benzene rings is 6. The molecule has 0 aliphatic rings. The van der Waals surface area contributed by atoms with Crippen molar-refractivity contribution in [2.24, 2.45) is 0 Å². The van der Waals surface area contributed by atoms with Crippen LogP contribution in [0.25, 0.3) is 44.5 Å². The Balaban J connectivity index is 1.73. The number of aromatic hydroxyl groups is 4. The van der Waals surface area contributed by atoms with E-state index in [0.29, 0.717) is 56.0 Å². The van der Waals surface area contributed by atoms with Crippen molar-refractivity contribution in [2.45, 2.75) is 13.8 Å². The van der Waals surface area contributed by atoms with Crippen LogP contribution < -0.4 is 4.74 Å². The molecule has 0 aromatic heterocycles. The van der Waals surface area contributed by atoms with Crippen LogP contribution in [-0.4, -0.2) is 20.4 Å². The molecular formula is C38H30O5. The first-order valence-electron chi connectivity index (χ1n) is 13.9. The SMILES string of the molecule is Cc1c(O)c(O)c(-c2ccccc2)c(-c2ccccc2)c1Oc1c(C)c(O)c(O)c(-c2ccccc2)c1-c1ccccc1. The molecule has 0 saturated heterocycles. The van der Waals surface area contributed by atoms with E-state index in [0.717, 1.165) is 11.1 Å². The fourth-order valence-corrected chi connectivity index (χ4v) is 5.54. The van der Waals surface area contributed by atoms with Gasteiger partial charge in [0, 0.05) is 33.4 Å². The van der Waals surface area contributed by atoms with Gasteiger partial charge in [0.2, 0.25) is 0 Å². The molecule has 6 aromatic rings. The molecule has 0 radical (unpaired) electrons. The number of phenolic OH excluding ortho intramolecular Hbond substituents is 4. The summed E-state index contributed by atoms with van der Waals surface area (Å²) >= 11 is 0. The lowest BCUT2D eigenvalue weighted by Crippen LogP contribution is -2.01. The molecular weight excluding hydrogens is 536 g/mol. The minimum atomic E-state index is -0.307. The molecule has 4 N–H and O–H groups in total. The van der Waals surface area contributed by atoms with Gasteiger partial charge in [0.15, 0.2) is 23.0 Å². The normalized spacial score (nSPS) is 10.9. The number of hydrogen-bond donors (Lipinski definition) is 4. The highest BCUT2D eigenvalue weighted by Crippen LogP contribution is 2.57. The first-order valence-corrected chi connectivity index (χ1v) is 13.9. The molecule has 5 heteroatoms. The summed E-state index contributed by atoms with van der Waals surface area (Å²) in [6.45, 7) is 3.36. The Kier molecular flexibility index (Phi) is 7.22. The van der Waals surface area contributed by atoms with Crippen LogP contribution in [0.2, 0.25) is 0 Å². The number of hydrogen-bond acceptors (Lipinski definition) is 5.